The number of hydrogen-bond acceptors (Lipinski definition) is 2. The highest BCUT2D eigenvalue weighted by Crippen LogP contribution is 2.29. The average molecular weight is 232 g/mol. The Morgan fingerprint density at radius 3 is 2.82 bits per heavy atom. The highest BCUT2D eigenvalue weighted by Gasteiger charge is 2.21. The van der Waals surface area contributed by atoms with Crippen molar-refractivity contribution in [3.8, 4) is 0 Å². The van der Waals surface area contributed by atoms with Crippen molar-refractivity contribution >= 4 is 5.69 Å². The van der Waals surface area contributed by atoms with Gasteiger partial charge in [0, 0.05) is 24.8 Å². The third-order valence-corrected chi connectivity index (χ3v) is 3.90. The van der Waals surface area contributed by atoms with Gasteiger partial charge in [-0.05, 0) is 49.8 Å². The summed E-state index contributed by atoms with van der Waals surface area (Å²) < 4.78 is 0. The molecular formula is C15H24N2. The summed E-state index contributed by atoms with van der Waals surface area (Å²) in [6.07, 6.45) is 5.30. The minimum Gasteiger partial charge on any atom is -0.368 e. The zero-order chi connectivity index (χ0) is 12.3. The molecule has 2 heteroatoms. The molecule has 0 radical (unpaired) electrons. The van der Waals surface area contributed by atoms with E-state index in [9.17, 15) is 0 Å². The first kappa shape index (κ1) is 12.4. The molecule has 1 aromatic rings. The van der Waals surface area contributed by atoms with Crippen LogP contribution in [0.5, 0.6) is 0 Å². The zero-order valence-electron chi connectivity index (χ0n) is 11.1. The summed E-state index contributed by atoms with van der Waals surface area (Å²) in [5.74, 6) is 0. The van der Waals surface area contributed by atoms with E-state index < -0.39 is 0 Å². The second-order valence-electron chi connectivity index (χ2n) is 5.08. The average Bonchev–Trinajstić information content (AvgIpc) is 2.38. The maximum atomic E-state index is 5.69. The largest absolute Gasteiger partial charge is 0.368 e. The van der Waals surface area contributed by atoms with Crippen molar-refractivity contribution in [3.63, 3.8) is 0 Å². The normalized spacial score (nSPS) is 20.6. The lowest BCUT2D eigenvalue weighted by Crippen LogP contribution is -2.39. The third-order valence-electron chi connectivity index (χ3n) is 3.90. The Morgan fingerprint density at radius 1 is 1.35 bits per heavy atom. The van der Waals surface area contributed by atoms with Gasteiger partial charge in [-0.15, -0.1) is 0 Å². The van der Waals surface area contributed by atoms with E-state index in [0.717, 1.165) is 6.04 Å². The van der Waals surface area contributed by atoms with Gasteiger partial charge in [-0.25, -0.2) is 0 Å². The second-order valence-corrected chi connectivity index (χ2v) is 5.08. The molecule has 2 nitrogen and oxygen atoms in total. The van der Waals surface area contributed by atoms with E-state index in [4.69, 9.17) is 5.73 Å². The van der Waals surface area contributed by atoms with E-state index in [1.165, 1.54) is 49.0 Å². The van der Waals surface area contributed by atoms with Gasteiger partial charge in [-0.3, -0.25) is 0 Å². The highest BCUT2D eigenvalue weighted by atomic mass is 15.2. The second kappa shape index (κ2) is 5.54. The lowest BCUT2D eigenvalue weighted by molar-refractivity contribution is 0.449. The lowest BCUT2D eigenvalue weighted by Gasteiger charge is -2.38. The molecule has 1 saturated heterocycles. The van der Waals surface area contributed by atoms with Gasteiger partial charge >= 0.3 is 0 Å². The van der Waals surface area contributed by atoms with Crippen LogP contribution in [0.1, 0.15) is 43.7 Å². The minimum atomic E-state index is 0.637. The molecule has 0 aromatic heterocycles. The SMILES string of the molecule is CCC1CCCCN1c1ccc(CN)cc1C. The van der Waals surface area contributed by atoms with E-state index in [-0.39, 0.29) is 0 Å². The quantitative estimate of drug-likeness (QED) is 0.867. The Bertz CT molecular complexity index is 373. The molecule has 1 aliphatic rings. The molecule has 1 aromatic carbocycles. The van der Waals surface area contributed by atoms with Crippen LogP contribution in [0.3, 0.4) is 0 Å². The first-order chi connectivity index (χ1) is 8.26. The molecule has 2 rings (SSSR count). The summed E-state index contributed by atoms with van der Waals surface area (Å²) >= 11 is 0. The molecule has 17 heavy (non-hydrogen) atoms. The molecule has 0 bridgehead atoms. The summed E-state index contributed by atoms with van der Waals surface area (Å²) in [6.45, 7) is 6.35. The maximum Gasteiger partial charge on any atom is 0.0398 e. The molecular weight excluding hydrogens is 208 g/mol. The summed E-state index contributed by atoms with van der Waals surface area (Å²) in [6, 6.07) is 7.39. The van der Waals surface area contributed by atoms with Gasteiger partial charge in [-0.2, -0.15) is 0 Å². The Morgan fingerprint density at radius 2 is 2.18 bits per heavy atom. The molecule has 0 spiro atoms. The zero-order valence-corrected chi connectivity index (χ0v) is 11.1. The topological polar surface area (TPSA) is 29.3 Å². The standard InChI is InChI=1S/C15H24N2/c1-3-14-6-4-5-9-17(14)15-8-7-13(11-16)10-12(15)2/h7-8,10,14H,3-6,9,11,16H2,1-2H3. The number of benzene rings is 1. The van der Waals surface area contributed by atoms with E-state index in [0.29, 0.717) is 6.54 Å². The Balaban J connectivity index is 2.25. The van der Waals surface area contributed by atoms with E-state index >= 15 is 0 Å². The van der Waals surface area contributed by atoms with Crippen molar-refractivity contribution in [2.24, 2.45) is 5.73 Å². The first-order valence-corrected chi connectivity index (χ1v) is 6.82. The molecule has 1 fully saturated rings. The van der Waals surface area contributed by atoms with Crippen LogP contribution in [-0.4, -0.2) is 12.6 Å². The van der Waals surface area contributed by atoms with Crippen LogP contribution >= 0.6 is 0 Å². The summed E-state index contributed by atoms with van der Waals surface area (Å²) in [4.78, 5) is 2.60. The molecule has 1 unspecified atom stereocenters. The molecule has 0 saturated carbocycles. The molecule has 1 heterocycles. The summed E-state index contributed by atoms with van der Waals surface area (Å²) in [5, 5.41) is 0. The van der Waals surface area contributed by atoms with Crippen molar-refractivity contribution < 1.29 is 0 Å². The van der Waals surface area contributed by atoms with Crippen molar-refractivity contribution in [3.05, 3.63) is 29.3 Å². The van der Waals surface area contributed by atoms with Crippen molar-refractivity contribution in [1.29, 1.82) is 0 Å². The van der Waals surface area contributed by atoms with Crippen LogP contribution in [0, 0.1) is 6.92 Å². The Kier molecular flexibility index (Phi) is 4.06. The van der Waals surface area contributed by atoms with Crippen LogP contribution in [0.25, 0.3) is 0 Å². The summed E-state index contributed by atoms with van der Waals surface area (Å²) in [5.41, 5.74) is 9.70. The van der Waals surface area contributed by atoms with Crippen LogP contribution in [0.2, 0.25) is 0 Å². The smallest absolute Gasteiger partial charge is 0.0398 e. The van der Waals surface area contributed by atoms with Gasteiger partial charge in [0.2, 0.25) is 0 Å². The predicted octanol–water partition coefficient (Wildman–Crippen LogP) is 3.22. The van der Waals surface area contributed by atoms with Crippen molar-refractivity contribution in [2.45, 2.75) is 52.1 Å². The van der Waals surface area contributed by atoms with Crippen LogP contribution in [-0.2, 0) is 6.54 Å². The fourth-order valence-electron chi connectivity index (χ4n) is 2.91. The minimum absolute atomic E-state index is 0.637. The molecule has 2 N–H and O–H groups in total. The number of anilines is 1. The van der Waals surface area contributed by atoms with E-state index in [1.807, 2.05) is 0 Å². The van der Waals surface area contributed by atoms with E-state index in [1.54, 1.807) is 0 Å². The van der Waals surface area contributed by atoms with Crippen molar-refractivity contribution in [1.82, 2.24) is 0 Å². The molecule has 1 aliphatic heterocycles. The van der Waals surface area contributed by atoms with Gasteiger partial charge in [0.25, 0.3) is 0 Å². The van der Waals surface area contributed by atoms with E-state index in [2.05, 4.69) is 36.9 Å². The Labute approximate surface area is 105 Å². The first-order valence-electron chi connectivity index (χ1n) is 6.82. The number of nitrogens with zero attached hydrogens (tertiary/aromatic N) is 1. The number of aryl methyl sites for hydroxylation is 1. The molecule has 1 atom stereocenters. The van der Waals surface area contributed by atoms with Gasteiger partial charge in [-0.1, -0.05) is 19.1 Å². The van der Waals surface area contributed by atoms with Crippen LogP contribution < -0.4 is 10.6 Å². The van der Waals surface area contributed by atoms with Crippen molar-refractivity contribution in [2.75, 3.05) is 11.4 Å². The van der Waals surface area contributed by atoms with Gasteiger partial charge in [0.15, 0.2) is 0 Å². The fraction of sp³-hybridized carbons (Fsp3) is 0.600. The number of rotatable bonds is 3. The van der Waals surface area contributed by atoms with Crippen LogP contribution in [0.4, 0.5) is 5.69 Å². The molecule has 0 amide bonds. The van der Waals surface area contributed by atoms with Gasteiger partial charge in [0.05, 0.1) is 0 Å². The third kappa shape index (κ3) is 2.63. The van der Waals surface area contributed by atoms with Gasteiger partial charge < -0.3 is 10.6 Å². The van der Waals surface area contributed by atoms with Crippen LogP contribution in [0.15, 0.2) is 18.2 Å². The molecule has 0 aliphatic carbocycles. The van der Waals surface area contributed by atoms with Gasteiger partial charge in [0.1, 0.15) is 0 Å². The maximum absolute atomic E-state index is 5.69. The number of piperidine rings is 1. The lowest BCUT2D eigenvalue weighted by atomic mass is 9.97. The number of hydrogen-bond donors (Lipinski definition) is 1. The predicted molar refractivity (Wildman–Crippen MR) is 74.3 cm³/mol. The summed E-state index contributed by atoms with van der Waals surface area (Å²) in [7, 11) is 0. The highest BCUT2D eigenvalue weighted by molar-refractivity contribution is 5.55. The Hall–Kier alpha value is -1.02. The monoisotopic (exact) mass is 232 g/mol. The number of nitrogens with two attached hydrogens (primary N) is 1. The fourth-order valence-corrected chi connectivity index (χ4v) is 2.91. The molecule has 94 valence electrons.